The van der Waals surface area contributed by atoms with Crippen molar-refractivity contribution in [3.8, 4) is 5.75 Å². The lowest BCUT2D eigenvalue weighted by atomic mass is 10.1. The van der Waals surface area contributed by atoms with Crippen LogP contribution in [0.4, 0.5) is 0 Å². The van der Waals surface area contributed by atoms with Crippen LogP contribution in [0.3, 0.4) is 0 Å². The standard InChI is InChI=1S/C15H15ClO2/c1-11(17)14-9-13(16)7-8-15(14)18-10-12-5-3-2-4-6-12/h2-9,11,17H,10H2,1H3/t11-/m1/s1. The molecule has 0 unspecified atom stereocenters. The summed E-state index contributed by atoms with van der Waals surface area (Å²) in [7, 11) is 0. The van der Waals surface area contributed by atoms with Gasteiger partial charge in [-0.05, 0) is 30.7 Å². The lowest BCUT2D eigenvalue weighted by Gasteiger charge is -2.13. The topological polar surface area (TPSA) is 29.5 Å². The molecule has 0 saturated heterocycles. The summed E-state index contributed by atoms with van der Waals surface area (Å²) in [5, 5.41) is 10.3. The van der Waals surface area contributed by atoms with E-state index in [0.29, 0.717) is 22.9 Å². The van der Waals surface area contributed by atoms with Gasteiger partial charge >= 0.3 is 0 Å². The van der Waals surface area contributed by atoms with Gasteiger partial charge in [0.2, 0.25) is 0 Å². The summed E-state index contributed by atoms with van der Waals surface area (Å²) in [5.74, 6) is 0.665. The molecule has 1 N–H and O–H groups in total. The summed E-state index contributed by atoms with van der Waals surface area (Å²) < 4.78 is 5.72. The molecule has 0 fully saturated rings. The first-order valence-corrected chi connectivity index (χ1v) is 6.19. The molecular weight excluding hydrogens is 248 g/mol. The summed E-state index contributed by atoms with van der Waals surface area (Å²) in [6.45, 7) is 2.17. The Labute approximate surface area is 112 Å². The van der Waals surface area contributed by atoms with Crippen LogP contribution < -0.4 is 4.74 Å². The number of benzene rings is 2. The van der Waals surface area contributed by atoms with Gasteiger partial charge in [-0.3, -0.25) is 0 Å². The molecule has 2 aromatic rings. The van der Waals surface area contributed by atoms with Crippen molar-refractivity contribution in [2.24, 2.45) is 0 Å². The maximum absolute atomic E-state index is 9.69. The molecule has 2 nitrogen and oxygen atoms in total. The zero-order valence-electron chi connectivity index (χ0n) is 10.1. The van der Waals surface area contributed by atoms with E-state index in [1.165, 1.54) is 0 Å². The largest absolute Gasteiger partial charge is 0.489 e. The van der Waals surface area contributed by atoms with E-state index in [9.17, 15) is 5.11 Å². The van der Waals surface area contributed by atoms with Crippen molar-refractivity contribution in [2.75, 3.05) is 0 Å². The van der Waals surface area contributed by atoms with Crippen LogP contribution in [-0.4, -0.2) is 5.11 Å². The summed E-state index contributed by atoms with van der Waals surface area (Å²) in [6.07, 6.45) is -0.602. The maximum Gasteiger partial charge on any atom is 0.125 e. The molecule has 94 valence electrons. The number of hydrogen-bond donors (Lipinski definition) is 1. The minimum absolute atomic E-state index is 0.474. The van der Waals surface area contributed by atoms with E-state index in [0.717, 1.165) is 5.56 Å². The predicted molar refractivity (Wildman–Crippen MR) is 72.9 cm³/mol. The molecule has 0 amide bonds. The quantitative estimate of drug-likeness (QED) is 0.903. The Kier molecular flexibility index (Phi) is 4.24. The average Bonchev–Trinajstić information content (AvgIpc) is 2.38. The molecule has 0 spiro atoms. The van der Waals surface area contributed by atoms with E-state index in [1.54, 1.807) is 25.1 Å². The van der Waals surface area contributed by atoms with Crippen LogP contribution in [0.1, 0.15) is 24.2 Å². The SMILES string of the molecule is C[C@@H](O)c1cc(Cl)ccc1OCc1ccccc1. The van der Waals surface area contributed by atoms with E-state index >= 15 is 0 Å². The third-order valence-corrected chi connectivity index (χ3v) is 2.89. The van der Waals surface area contributed by atoms with E-state index in [2.05, 4.69) is 0 Å². The molecule has 0 aliphatic heterocycles. The lowest BCUT2D eigenvalue weighted by molar-refractivity contribution is 0.190. The van der Waals surface area contributed by atoms with Gasteiger partial charge in [0.05, 0.1) is 6.10 Å². The monoisotopic (exact) mass is 262 g/mol. The fraction of sp³-hybridized carbons (Fsp3) is 0.200. The number of rotatable bonds is 4. The zero-order valence-corrected chi connectivity index (χ0v) is 10.9. The van der Waals surface area contributed by atoms with Crippen molar-refractivity contribution in [3.63, 3.8) is 0 Å². The van der Waals surface area contributed by atoms with Crippen molar-refractivity contribution in [3.05, 3.63) is 64.7 Å². The Morgan fingerprint density at radius 2 is 1.89 bits per heavy atom. The van der Waals surface area contributed by atoms with Crippen LogP contribution in [-0.2, 0) is 6.61 Å². The normalized spacial score (nSPS) is 12.2. The minimum Gasteiger partial charge on any atom is -0.489 e. The first kappa shape index (κ1) is 12.9. The summed E-state index contributed by atoms with van der Waals surface area (Å²) >= 11 is 5.91. The van der Waals surface area contributed by atoms with Crippen molar-refractivity contribution in [1.82, 2.24) is 0 Å². The van der Waals surface area contributed by atoms with Crippen LogP contribution >= 0.6 is 11.6 Å². The molecule has 0 aromatic heterocycles. The summed E-state index contributed by atoms with van der Waals surface area (Å²) in [4.78, 5) is 0. The molecule has 0 saturated carbocycles. The van der Waals surface area contributed by atoms with Crippen molar-refractivity contribution in [2.45, 2.75) is 19.6 Å². The first-order chi connectivity index (χ1) is 8.66. The summed E-state index contributed by atoms with van der Waals surface area (Å²) in [6, 6.07) is 15.2. The molecule has 0 bridgehead atoms. The van der Waals surface area contributed by atoms with Gasteiger partial charge in [0.25, 0.3) is 0 Å². The Balaban J connectivity index is 2.14. The number of aliphatic hydroxyl groups excluding tert-OH is 1. The Morgan fingerprint density at radius 3 is 2.56 bits per heavy atom. The fourth-order valence-electron chi connectivity index (χ4n) is 1.71. The molecule has 0 radical (unpaired) electrons. The highest BCUT2D eigenvalue weighted by Gasteiger charge is 2.10. The van der Waals surface area contributed by atoms with Crippen molar-refractivity contribution in [1.29, 1.82) is 0 Å². The maximum atomic E-state index is 9.69. The van der Waals surface area contributed by atoms with Gasteiger partial charge in [-0.2, -0.15) is 0 Å². The second-order valence-electron chi connectivity index (χ2n) is 4.13. The predicted octanol–water partition coefficient (Wildman–Crippen LogP) is 3.97. The highest BCUT2D eigenvalue weighted by molar-refractivity contribution is 6.30. The molecule has 18 heavy (non-hydrogen) atoms. The molecule has 3 heteroatoms. The van der Waals surface area contributed by atoms with Crippen molar-refractivity contribution >= 4 is 11.6 Å². The molecule has 2 aromatic carbocycles. The highest BCUT2D eigenvalue weighted by atomic mass is 35.5. The van der Waals surface area contributed by atoms with Gasteiger partial charge in [0.1, 0.15) is 12.4 Å². The van der Waals surface area contributed by atoms with Gasteiger partial charge in [-0.25, -0.2) is 0 Å². The molecule has 0 aliphatic carbocycles. The second-order valence-corrected chi connectivity index (χ2v) is 4.57. The number of ether oxygens (including phenoxy) is 1. The number of halogens is 1. The Bertz CT molecular complexity index is 509. The van der Waals surface area contributed by atoms with Gasteiger partial charge < -0.3 is 9.84 Å². The fourth-order valence-corrected chi connectivity index (χ4v) is 1.89. The van der Waals surface area contributed by atoms with Gasteiger partial charge in [-0.1, -0.05) is 41.9 Å². The number of aliphatic hydroxyl groups is 1. The minimum atomic E-state index is -0.602. The van der Waals surface area contributed by atoms with Crippen LogP contribution in [0.15, 0.2) is 48.5 Å². The smallest absolute Gasteiger partial charge is 0.125 e. The van der Waals surface area contributed by atoms with E-state index in [1.807, 2.05) is 30.3 Å². The molecule has 1 atom stereocenters. The van der Waals surface area contributed by atoms with Crippen molar-refractivity contribution < 1.29 is 9.84 Å². The lowest BCUT2D eigenvalue weighted by Crippen LogP contribution is -2.00. The zero-order chi connectivity index (χ0) is 13.0. The third kappa shape index (κ3) is 3.25. The highest BCUT2D eigenvalue weighted by Crippen LogP contribution is 2.28. The number of hydrogen-bond acceptors (Lipinski definition) is 2. The van der Waals surface area contributed by atoms with Crippen LogP contribution in [0.5, 0.6) is 5.75 Å². The van der Waals surface area contributed by atoms with E-state index in [-0.39, 0.29) is 0 Å². The third-order valence-electron chi connectivity index (χ3n) is 2.66. The van der Waals surface area contributed by atoms with Crippen LogP contribution in [0.25, 0.3) is 0 Å². The Hall–Kier alpha value is -1.51. The molecule has 2 rings (SSSR count). The van der Waals surface area contributed by atoms with E-state index in [4.69, 9.17) is 16.3 Å². The Morgan fingerprint density at radius 1 is 1.17 bits per heavy atom. The van der Waals surface area contributed by atoms with Gasteiger partial charge in [-0.15, -0.1) is 0 Å². The summed E-state index contributed by atoms with van der Waals surface area (Å²) in [5.41, 5.74) is 1.79. The molecule has 0 aliphatic rings. The van der Waals surface area contributed by atoms with Gasteiger partial charge in [0, 0.05) is 10.6 Å². The first-order valence-electron chi connectivity index (χ1n) is 5.81. The van der Waals surface area contributed by atoms with Crippen LogP contribution in [0.2, 0.25) is 5.02 Å². The molecular formula is C15H15ClO2. The van der Waals surface area contributed by atoms with E-state index < -0.39 is 6.10 Å². The van der Waals surface area contributed by atoms with Crippen LogP contribution in [0, 0.1) is 0 Å². The van der Waals surface area contributed by atoms with Gasteiger partial charge in [0.15, 0.2) is 0 Å². The average molecular weight is 263 g/mol. The second kappa shape index (κ2) is 5.89. The molecule has 0 heterocycles.